The largest absolute Gasteiger partial charge is 0.496 e. The summed E-state index contributed by atoms with van der Waals surface area (Å²) in [6.07, 6.45) is 0. The fraction of sp³-hybridized carbons (Fsp3) is 0.111. The summed E-state index contributed by atoms with van der Waals surface area (Å²) >= 11 is 0. The zero-order valence-corrected chi connectivity index (χ0v) is 24.8. The van der Waals surface area contributed by atoms with E-state index in [1.165, 1.54) is 0 Å². The molecular formula is C36H30N4O4. The van der Waals surface area contributed by atoms with Crippen LogP contribution in [0, 0.1) is 0 Å². The van der Waals surface area contributed by atoms with Crippen molar-refractivity contribution >= 4 is 44.3 Å². The molecule has 8 nitrogen and oxygen atoms in total. The van der Waals surface area contributed by atoms with Crippen LogP contribution in [0.5, 0.6) is 23.0 Å². The molecule has 0 bridgehead atoms. The van der Waals surface area contributed by atoms with Crippen molar-refractivity contribution in [2.24, 2.45) is 20.5 Å². The molecular weight excluding hydrogens is 552 g/mol. The number of methoxy groups -OCH3 is 4. The Morgan fingerprint density at radius 1 is 0.341 bits per heavy atom. The van der Waals surface area contributed by atoms with E-state index in [1.54, 1.807) is 28.4 Å². The van der Waals surface area contributed by atoms with E-state index in [4.69, 9.17) is 18.9 Å². The number of benzene rings is 6. The van der Waals surface area contributed by atoms with Crippen LogP contribution >= 0.6 is 0 Å². The average molecular weight is 583 g/mol. The van der Waals surface area contributed by atoms with E-state index in [0.717, 1.165) is 44.0 Å². The molecule has 0 aliphatic heterocycles. The Balaban J connectivity index is 1.63. The van der Waals surface area contributed by atoms with E-state index in [2.05, 4.69) is 20.5 Å². The van der Waals surface area contributed by atoms with Gasteiger partial charge < -0.3 is 18.9 Å². The first-order valence-corrected chi connectivity index (χ1v) is 14.0. The molecule has 0 fully saturated rings. The first kappa shape index (κ1) is 28.4. The van der Waals surface area contributed by atoms with Crippen LogP contribution < -0.4 is 18.9 Å². The fourth-order valence-electron chi connectivity index (χ4n) is 5.30. The van der Waals surface area contributed by atoms with Gasteiger partial charge in [0.25, 0.3) is 0 Å². The van der Waals surface area contributed by atoms with Gasteiger partial charge in [0.2, 0.25) is 0 Å². The van der Waals surface area contributed by atoms with Crippen molar-refractivity contribution in [3.63, 3.8) is 0 Å². The van der Waals surface area contributed by atoms with E-state index in [0.29, 0.717) is 34.4 Å². The van der Waals surface area contributed by atoms with Crippen molar-refractivity contribution in [1.82, 2.24) is 0 Å². The van der Waals surface area contributed by atoms with Gasteiger partial charge in [-0.2, -0.15) is 10.2 Å². The van der Waals surface area contributed by atoms with E-state index in [9.17, 15) is 0 Å². The van der Waals surface area contributed by atoms with Gasteiger partial charge in [-0.05, 0) is 83.6 Å². The first-order chi connectivity index (χ1) is 21.7. The molecule has 0 spiro atoms. The van der Waals surface area contributed by atoms with Crippen molar-refractivity contribution in [3.8, 4) is 34.1 Å². The van der Waals surface area contributed by atoms with Crippen LogP contribution in [0.25, 0.3) is 32.7 Å². The van der Waals surface area contributed by atoms with Crippen LogP contribution in [-0.4, -0.2) is 28.4 Å². The maximum Gasteiger partial charge on any atom is 0.147 e. The Labute approximate surface area is 255 Å². The van der Waals surface area contributed by atoms with E-state index in [1.807, 2.05) is 109 Å². The van der Waals surface area contributed by atoms with Crippen LogP contribution in [0.15, 0.2) is 130 Å². The lowest BCUT2D eigenvalue weighted by Crippen LogP contribution is -1.96. The topological polar surface area (TPSA) is 86.4 Å². The standard InChI is InChI=1S/C36H30N4O4/c1-41-29-19-17-27-25(15-21-31(43-3)35(27)39-37-23-11-7-5-8-12-23)33(29)34-26-16-22-32(44-4)36(28(26)18-20-30(34)42-2)40-38-24-13-9-6-10-14-24/h5-22H,1-4H3. The third-order valence-electron chi connectivity index (χ3n) is 7.37. The summed E-state index contributed by atoms with van der Waals surface area (Å²) < 4.78 is 23.3. The number of azo groups is 2. The highest BCUT2D eigenvalue weighted by Gasteiger charge is 2.22. The quantitative estimate of drug-likeness (QED) is 0.159. The smallest absolute Gasteiger partial charge is 0.147 e. The molecule has 0 heterocycles. The van der Waals surface area contributed by atoms with Gasteiger partial charge in [-0.3, -0.25) is 0 Å². The number of ether oxygens (including phenoxy) is 4. The van der Waals surface area contributed by atoms with Crippen molar-refractivity contribution in [3.05, 3.63) is 109 Å². The molecule has 6 rings (SSSR count). The van der Waals surface area contributed by atoms with E-state index < -0.39 is 0 Å². The molecule has 0 aromatic heterocycles. The highest BCUT2D eigenvalue weighted by molar-refractivity contribution is 6.14. The lowest BCUT2D eigenvalue weighted by atomic mass is 9.91. The summed E-state index contributed by atoms with van der Waals surface area (Å²) in [5.74, 6) is 2.54. The predicted molar refractivity (Wildman–Crippen MR) is 174 cm³/mol. The highest BCUT2D eigenvalue weighted by atomic mass is 16.5. The third-order valence-corrected chi connectivity index (χ3v) is 7.37. The summed E-state index contributed by atoms with van der Waals surface area (Å²) in [4.78, 5) is 0. The molecule has 44 heavy (non-hydrogen) atoms. The van der Waals surface area contributed by atoms with Gasteiger partial charge in [0.05, 0.1) is 39.8 Å². The molecule has 0 aliphatic carbocycles. The van der Waals surface area contributed by atoms with Crippen molar-refractivity contribution in [1.29, 1.82) is 0 Å². The average Bonchev–Trinajstić information content (AvgIpc) is 3.09. The molecule has 0 radical (unpaired) electrons. The van der Waals surface area contributed by atoms with Crippen LogP contribution in [0.2, 0.25) is 0 Å². The Morgan fingerprint density at radius 3 is 1.05 bits per heavy atom. The molecule has 0 saturated heterocycles. The second-order valence-corrected chi connectivity index (χ2v) is 9.78. The molecule has 0 aliphatic rings. The van der Waals surface area contributed by atoms with Crippen molar-refractivity contribution in [2.45, 2.75) is 0 Å². The molecule has 0 unspecified atom stereocenters. The Morgan fingerprint density at radius 2 is 0.682 bits per heavy atom. The van der Waals surface area contributed by atoms with Crippen LogP contribution in [0.4, 0.5) is 22.7 Å². The van der Waals surface area contributed by atoms with Gasteiger partial charge in [0.15, 0.2) is 0 Å². The number of hydrogen-bond acceptors (Lipinski definition) is 8. The van der Waals surface area contributed by atoms with Gasteiger partial charge in [-0.25, -0.2) is 0 Å². The molecule has 0 N–H and O–H groups in total. The molecule has 218 valence electrons. The maximum atomic E-state index is 5.95. The third kappa shape index (κ3) is 5.29. The Kier molecular flexibility index (Phi) is 8.14. The number of hydrogen-bond donors (Lipinski definition) is 0. The second kappa shape index (κ2) is 12.6. The van der Waals surface area contributed by atoms with E-state index >= 15 is 0 Å². The highest BCUT2D eigenvalue weighted by Crippen LogP contribution is 2.50. The molecule has 8 heteroatoms. The van der Waals surface area contributed by atoms with Gasteiger partial charge in [0, 0.05) is 21.9 Å². The predicted octanol–water partition coefficient (Wildman–Crippen LogP) is 10.5. The monoisotopic (exact) mass is 582 g/mol. The fourth-order valence-corrected chi connectivity index (χ4v) is 5.30. The van der Waals surface area contributed by atoms with E-state index in [-0.39, 0.29) is 0 Å². The van der Waals surface area contributed by atoms with Gasteiger partial charge in [-0.1, -0.05) is 36.4 Å². The van der Waals surface area contributed by atoms with Crippen molar-refractivity contribution in [2.75, 3.05) is 28.4 Å². The molecule has 6 aromatic rings. The summed E-state index contributed by atoms with van der Waals surface area (Å²) in [5, 5.41) is 21.7. The second-order valence-electron chi connectivity index (χ2n) is 9.78. The van der Waals surface area contributed by atoms with Crippen molar-refractivity contribution < 1.29 is 18.9 Å². The summed E-state index contributed by atoms with van der Waals surface area (Å²) in [6.45, 7) is 0. The van der Waals surface area contributed by atoms with Gasteiger partial charge >= 0.3 is 0 Å². The summed E-state index contributed by atoms with van der Waals surface area (Å²) in [5.41, 5.74) is 4.36. The Hall–Kier alpha value is -5.76. The van der Waals surface area contributed by atoms with Crippen LogP contribution in [0.3, 0.4) is 0 Å². The maximum absolute atomic E-state index is 5.95. The minimum absolute atomic E-state index is 0.603. The lowest BCUT2D eigenvalue weighted by molar-refractivity contribution is 0.411. The molecule has 0 saturated carbocycles. The van der Waals surface area contributed by atoms with Crippen LogP contribution in [0.1, 0.15) is 0 Å². The van der Waals surface area contributed by atoms with Crippen LogP contribution in [-0.2, 0) is 0 Å². The number of nitrogens with zero attached hydrogens (tertiary/aromatic N) is 4. The SMILES string of the molecule is COc1ccc2c(-c3c(OC)ccc4c(N=Nc5ccccc5)c(OC)ccc34)c(OC)ccc2c1N=Nc1ccccc1. The zero-order valence-electron chi connectivity index (χ0n) is 24.8. The normalized spacial score (nSPS) is 11.5. The number of fused-ring (bicyclic) bond motifs is 2. The molecule has 0 atom stereocenters. The summed E-state index contributed by atoms with van der Waals surface area (Å²) in [6, 6.07) is 34.8. The molecule has 0 amide bonds. The number of rotatable bonds is 9. The molecule has 6 aromatic carbocycles. The Bertz CT molecular complexity index is 1860. The minimum atomic E-state index is 0.603. The zero-order chi connectivity index (χ0) is 30.5. The van der Waals surface area contributed by atoms with Gasteiger partial charge in [0.1, 0.15) is 34.4 Å². The first-order valence-electron chi connectivity index (χ1n) is 14.0. The summed E-state index contributed by atoms with van der Waals surface area (Å²) in [7, 11) is 6.56. The lowest BCUT2D eigenvalue weighted by Gasteiger charge is -2.19. The van der Waals surface area contributed by atoms with Gasteiger partial charge in [-0.15, -0.1) is 10.2 Å². The minimum Gasteiger partial charge on any atom is -0.496 e.